The van der Waals surface area contributed by atoms with E-state index in [1.807, 2.05) is 30.3 Å². The average molecular weight is 387 g/mol. The van der Waals surface area contributed by atoms with Crippen LogP contribution in [0.2, 0.25) is 0 Å². The Morgan fingerprint density at radius 2 is 1.66 bits per heavy atom. The number of anilines is 3. The number of carbonyl (C=O) groups is 1. The molecule has 0 saturated carbocycles. The van der Waals surface area contributed by atoms with E-state index < -0.39 is 0 Å². The third kappa shape index (κ3) is 4.75. The number of aromatic nitrogens is 3. The Balaban J connectivity index is 1.36. The molecule has 8 heteroatoms. The molecule has 2 N–H and O–H groups in total. The van der Waals surface area contributed by atoms with Crippen molar-refractivity contribution in [2.75, 3.05) is 10.6 Å². The molecule has 8 nitrogen and oxygen atoms in total. The summed E-state index contributed by atoms with van der Waals surface area (Å²) in [6.45, 7) is 1.79. The molecule has 0 spiro atoms. The highest BCUT2D eigenvalue weighted by molar-refractivity contribution is 6.02. The van der Waals surface area contributed by atoms with Gasteiger partial charge in [0.25, 0.3) is 5.91 Å². The number of hydrogen-bond acceptors (Lipinski definition) is 7. The van der Waals surface area contributed by atoms with Gasteiger partial charge in [0.05, 0.1) is 0 Å². The number of rotatable bonds is 6. The molecule has 2 aromatic carbocycles. The molecule has 144 valence electrons. The molecule has 0 radical (unpaired) electrons. The number of amides is 1. The van der Waals surface area contributed by atoms with Gasteiger partial charge in [-0.05, 0) is 55.5 Å². The molecule has 29 heavy (non-hydrogen) atoms. The standard InChI is InChI=1S/C21H17N5O3/c1-14-13-20(26-29-14)23-19-12-11-18(24-25-19)21(27)22-15-7-9-17(10-8-15)28-16-5-3-2-4-6-16/h2-13H,1H3,(H,22,27)(H,23,25,26). The number of hydrogen-bond donors (Lipinski definition) is 2. The van der Waals surface area contributed by atoms with Crippen LogP contribution in [0.25, 0.3) is 0 Å². The number of carbonyl (C=O) groups excluding carboxylic acids is 1. The number of benzene rings is 2. The van der Waals surface area contributed by atoms with Crippen LogP contribution in [0, 0.1) is 6.92 Å². The van der Waals surface area contributed by atoms with E-state index in [1.54, 1.807) is 49.4 Å². The molecular formula is C21H17N5O3. The summed E-state index contributed by atoms with van der Waals surface area (Å²) in [5.74, 6) is 2.71. The van der Waals surface area contributed by atoms with Crippen LogP contribution in [0.4, 0.5) is 17.3 Å². The largest absolute Gasteiger partial charge is 0.457 e. The van der Waals surface area contributed by atoms with Crippen LogP contribution >= 0.6 is 0 Å². The topological polar surface area (TPSA) is 102 Å². The van der Waals surface area contributed by atoms with Crippen molar-refractivity contribution >= 4 is 23.2 Å². The maximum Gasteiger partial charge on any atom is 0.276 e. The van der Waals surface area contributed by atoms with Gasteiger partial charge in [0, 0.05) is 11.8 Å². The van der Waals surface area contributed by atoms with Gasteiger partial charge in [0.2, 0.25) is 0 Å². The summed E-state index contributed by atoms with van der Waals surface area (Å²) in [6.07, 6.45) is 0. The second-order valence-corrected chi connectivity index (χ2v) is 6.15. The van der Waals surface area contributed by atoms with Gasteiger partial charge in [-0.15, -0.1) is 10.2 Å². The van der Waals surface area contributed by atoms with Crippen molar-refractivity contribution < 1.29 is 14.1 Å². The highest BCUT2D eigenvalue weighted by Gasteiger charge is 2.10. The van der Waals surface area contributed by atoms with E-state index in [2.05, 4.69) is 26.0 Å². The molecule has 0 fully saturated rings. The van der Waals surface area contributed by atoms with Gasteiger partial charge in [0.15, 0.2) is 17.3 Å². The first kappa shape index (κ1) is 18.2. The lowest BCUT2D eigenvalue weighted by atomic mass is 10.2. The zero-order valence-electron chi connectivity index (χ0n) is 15.5. The number of nitrogens with zero attached hydrogens (tertiary/aromatic N) is 3. The van der Waals surface area contributed by atoms with Crippen LogP contribution in [-0.2, 0) is 0 Å². The second kappa shape index (κ2) is 8.22. The summed E-state index contributed by atoms with van der Waals surface area (Å²) >= 11 is 0. The average Bonchev–Trinajstić information content (AvgIpc) is 3.15. The Bertz CT molecular complexity index is 1090. The zero-order valence-corrected chi connectivity index (χ0v) is 15.5. The number of nitrogens with one attached hydrogen (secondary N) is 2. The Labute approximate surface area is 166 Å². The SMILES string of the molecule is Cc1cc(Nc2ccc(C(=O)Nc3ccc(Oc4ccccc4)cc3)nn2)no1. The van der Waals surface area contributed by atoms with Gasteiger partial charge in [-0.3, -0.25) is 4.79 Å². The summed E-state index contributed by atoms with van der Waals surface area (Å²) in [4.78, 5) is 12.4. The van der Waals surface area contributed by atoms with Crippen molar-refractivity contribution in [1.82, 2.24) is 15.4 Å². The summed E-state index contributed by atoms with van der Waals surface area (Å²) in [7, 11) is 0. The Hall–Kier alpha value is -4.20. The van der Waals surface area contributed by atoms with E-state index in [9.17, 15) is 4.79 Å². The first-order valence-corrected chi connectivity index (χ1v) is 8.84. The fraction of sp³-hybridized carbons (Fsp3) is 0.0476. The van der Waals surface area contributed by atoms with Gasteiger partial charge in [0.1, 0.15) is 17.3 Å². The van der Waals surface area contributed by atoms with Crippen LogP contribution in [0.15, 0.2) is 77.3 Å². The summed E-state index contributed by atoms with van der Waals surface area (Å²) in [5.41, 5.74) is 0.814. The molecular weight excluding hydrogens is 370 g/mol. The third-order valence-electron chi connectivity index (χ3n) is 3.87. The predicted molar refractivity (Wildman–Crippen MR) is 107 cm³/mol. The molecule has 0 bridgehead atoms. The second-order valence-electron chi connectivity index (χ2n) is 6.15. The number of aryl methyl sites for hydroxylation is 1. The van der Waals surface area contributed by atoms with Crippen molar-refractivity contribution in [3.8, 4) is 11.5 Å². The molecule has 1 amide bonds. The van der Waals surface area contributed by atoms with Gasteiger partial charge in [-0.25, -0.2) is 0 Å². The molecule has 0 saturated heterocycles. The van der Waals surface area contributed by atoms with Crippen LogP contribution in [-0.4, -0.2) is 21.3 Å². The molecule has 0 atom stereocenters. The monoisotopic (exact) mass is 387 g/mol. The predicted octanol–water partition coefficient (Wildman–Crippen LogP) is 4.56. The van der Waals surface area contributed by atoms with Gasteiger partial charge in [-0.2, -0.15) is 0 Å². The summed E-state index contributed by atoms with van der Waals surface area (Å²) in [5, 5.41) is 17.5. The van der Waals surface area contributed by atoms with Crippen LogP contribution in [0.1, 0.15) is 16.2 Å². The Morgan fingerprint density at radius 1 is 0.897 bits per heavy atom. The lowest BCUT2D eigenvalue weighted by Gasteiger charge is -2.08. The summed E-state index contributed by atoms with van der Waals surface area (Å²) in [6, 6.07) is 21.5. The van der Waals surface area contributed by atoms with Crippen LogP contribution in [0.5, 0.6) is 11.5 Å². The lowest BCUT2D eigenvalue weighted by Crippen LogP contribution is -2.14. The maximum atomic E-state index is 12.4. The van der Waals surface area contributed by atoms with Crippen molar-refractivity contribution in [3.05, 3.63) is 84.3 Å². The number of para-hydroxylation sites is 1. The molecule has 0 unspecified atom stereocenters. The lowest BCUT2D eigenvalue weighted by molar-refractivity contribution is 0.102. The normalized spacial score (nSPS) is 10.4. The minimum atomic E-state index is -0.363. The van der Waals surface area contributed by atoms with Gasteiger partial charge >= 0.3 is 0 Å². The quantitative estimate of drug-likeness (QED) is 0.500. The molecule has 4 aromatic rings. The minimum Gasteiger partial charge on any atom is -0.457 e. The highest BCUT2D eigenvalue weighted by atomic mass is 16.5. The smallest absolute Gasteiger partial charge is 0.276 e. The highest BCUT2D eigenvalue weighted by Crippen LogP contribution is 2.23. The molecule has 2 heterocycles. The zero-order chi connectivity index (χ0) is 20.1. The van der Waals surface area contributed by atoms with Crippen LogP contribution < -0.4 is 15.4 Å². The number of ether oxygens (including phenoxy) is 1. The first-order valence-electron chi connectivity index (χ1n) is 8.84. The fourth-order valence-corrected chi connectivity index (χ4v) is 2.50. The molecule has 0 aliphatic heterocycles. The van der Waals surface area contributed by atoms with Gasteiger partial charge in [-0.1, -0.05) is 23.4 Å². The maximum absolute atomic E-state index is 12.4. The minimum absolute atomic E-state index is 0.191. The van der Waals surface area contributed by atoms with E-state index in [1.165, 1.54) is 0 Å². The molecule has 0 aliphatic carbocycles. The Kier molecular flexibility index (Phi) is 5.15. The van der Waals surface area contributed by atoms with Gasteiger partial charge < -0.3 is 19.9 Å². The fourth-order valence-electron chi connectivity index (χ4n) is 2.50. The van der Waals surface area contributed by atoms with E-state index in [4.69, 9.17) is 9.26 Å². The van der Waals surface area contributed by atoms with Crippen molar-refractivity contribution in [1.29, 1.82) is 0 Å². The van der Waals surface area contributed by atoms with Crippen molar-refractivity contribution in [2.24, 2.45) is 0 Å². The van der Waals surface area contributed by atoms with E-state index in [0.29, 0.717) is 28.8 Å². The van der Waals surface area contributed by atoms with E-state index >= 15 is 0 Å². The third-order valence-corrected chi connectivity index (χ3v) is 3.87. The van der Waals surface area contributed by atoms with E-state index in [-0.39, 0.29) is 11.6 Å². The van der Waals surface area contributed by atoms with Crippen molar-refractivity contribution in [3.63, 3.8) is 0 Å². The summed E-state index contributed by atoms with van der Waals surface area (Å²) < 4.78 is 10.7. The van der Waals surface area contributed by atoms with E-state index in [0.717, 1.165) is 5.75 Å². The molecule has 0 aliphatic rings. The first-order chi connectivity index (χ1) is 14.2. The molecule has 4 rings (SSSR count). The molecule has 2 aromatic heterocycles. The Morgan fingerprint density at radius 3 is 2.31 bits per heavy atom. The van der Waals surface area contributed by atoms with Crippen molar-refractivity contribution in [2.45, 2.75) is 6.92 Å². The van der Waals surface area contributed by atoms with Crippen LogP contribution in [0.3, 0.4) is 0 Å².